The van der Waals surface area contributed by atoms with Gasteiger partial charge in [0.25, 0.3) is 11.5 Å². The molecule has 0 spiro atoms. The number of piperidine rings is 1. The van der Waals surface area contributed by atoms with E-state index in [1.165, 1.54) is 0 Å². The summed E-state index contributed by atoms with van der Waals surface area (Å²) in [7, 11) is 0. The third-order valence-corrected chi connectivity index (χ3v) is 6.10. The van der Waals surface area contributed by atoms with E-state index in [4.69, 9.17) is 4.74 Å². The molecule has 0 radical (unpaired) electrons. The number of rotatable bonds is 3. The molecule has 1 aromatic heterocycles. The number of benzene rings is 1. The summed E-state index contributed by atoms with van der Waals surface area (Å²) in [6.07, 6.45) is 4.94. The molecule has 0 aliphatic carbocycles. The van der Waals surface area contributed by atoms with Crippen LogP contribution in [0.15, 0.2) is 23.0 Å². The summed E-state index contributed by atoms with van der Waals surface area (Å²) in [5.41, 5.74) is 0.758. The van der Waals surface area contributed by atoms with Crippen LogP contribution in [0.25, 0.3) is 10.9 Å². The summed E-state index contributed by atoms with van der Waals surface area (Å²) in [4.78, 5) is 44.2. The quantitative estimate of drug-likeness (QED) is 0.726. The summed E-state index contributed by atoms with van der Waals surface area (Å²) in [6.45, 7) is 6.10. The van der Waals surface area contributed by atoms with E-state index in [2.05, 4.69) is 18.8 Å². The summed E-state index contributed by atoms with van der Waals surface area (Å²) < 4.78 is 7.04. The predicted molar refractivity (Wildman–Crippen MR) is 113 cm³/mol. The number of fused-ring (bicyclic) bond motifs is 2. The van der Waals surface area contributed by atoms with Crippen molar-refractivity contribution in [3.8, 4) is 0 Å². The Balaban J connectivity index is 1.48. The number of amides is 1. The minimum Gasteiger partial charge on any atom is -0.452 e. The Labute approximate surface area is 176 Å². The topological polar surface area (TPSA) is 81.5 Å². The molecular formula is C23H29N3O4. The van der Waals surface area contributed by atoms with Crippen LogP contribution in [0.3, 0.4) is 0 Å². The van der Waals surface area contributed by atoms with Gasteiger partial charge in [-0.15, -0.1) is 0 Å². The van der Waals surface area contributed by atoms with Crippen LogP contribution >= 0.6 is 0 Å². The second-order valence-corrected chi connectivity index (χ2v) is 8.85. The first-order valence-corrected chi connectivity index (χ1v) is 10.9. The summed E-state index contributed by atoms with van der Waals surface area (Å²) in [5, 5.41) is 0.504. The van der Waals surface area contributed by atoms with Crippen molar-refractivity contribution in [1.29, 1.82) is 0 Å². The van der Waals surface area contributed by atoms with Gasteiger partial charge in [0.2, 0.25) is 0 Å². The van der Waals surface area contributed by atoms with Crippen LogP contribution in [-0.4, -0.2) is 46.0 Å². The number of ether oxygens (including phenoxy) is 1. The molecule has 2 aromatic rings. The Kier molecular flexibility index (Phi) is 5.88. The van der Waals surface area contributed by atoms with Gasteiger partial charge in [0.15, 0.2) is 6.61 Å². The second kappa shape index (κ2) is 8.58. The molecule has 0 bridgehead atoms. The highest BCUT2D eigenvalue weighted by molar-refractivity contribution is 5.95. The van der Waals surface area contributed by atoms with Crippen LogP contribution in [0.2, 0.25) is 0 Å². The fraction of sp³-hybridized carbons (Fsp3) is 0.565. The maximum Gasteiger partial charge on any atom is 0.338 e. The van der Waals surface area contributed by atoms with Crippen molar-refractivity contribution in [3.05, 3.63) is 39.9 Å². The van der Waals surface area contributed by atoms with Crippen molar-refractivity contribution in [2.75, 3.05) is 19.7 Å². The van der Waals surface area contributed by atoms with Gasteiger partial charge in [0, 0.05) is 26.1 Å². The van der Waals surface area contributed by atoms with Gasteiger partial charge < -0.3 is 9.64 Å². The van der Waals surface area contributed by atoms with Crippen molar-refractivity contribution < 1.29 is 14.3 Å². The van der Waals surface area contributed by atoms with E-state index >= 15 is 0 Å². The van der Waals surface area contributed by atoms with Crippen LogP contribution in [0.1, 0.15) is 55.7 Å². The Morgan fingerprint density at radius 3 is 2.67 bits per heavy atom. The smallest absolute Gasteiger partial charge is 0.338 e. The lowest BCUT2D eigenvalue weighted by Crippen LogP contribution is -2.44. The van der Waals surface area contributed by atoms with Crippen molar-refractivity contribution in [1.82, 2.24) is 14.5 Å². The number of aromatic nitrogens is 2. The Bertz CT molecular complexity index is 1020. The first kappa shape index (κ1) is 20.6. The van der Waals surface area contributed by atoms with Gasteiger partial charge in [0.05, 0.1) is 16.5 Å². The number of aryl methyl sites for hydroxylation is 1. The van der Waals surface area contributed by atoms with Crippen LogP contribution in [0.4, 0.5) is 0 Å². The van der Waals surface area contributed by atoms with E-state index in [1.54, 1.807) is 27.7 Å². The average Bonchev–Trinajstić information content (AvgIpc) is 2.96. The van der Waals surface area contributed by atoms with Crippen LogP contribution in [-0.2, 0) is 22.5 Å². The van der Waals surface area contributed by atoms with E-state index in [0.29, 0.717) is 47.9 Å². The fourth-order valence-electron chi connectivity index (χ4n) is 4.71. The fourth-order valence-corrected chi connectivity index (χ4v) is 4.71. The molecule has 160 valence electrons. The molecule has 1 amide bonds. The van der Waals surface area contributed by atoms with Crippen molar-refractivity contribution in [2.45, 2.75) is 52.5 Å². The first-order valence-electron chi connectivity index (χ1n) is 10.9. The molecule has 1 aromatic carbocycles. The molecule has 3 heterocycles. The first-order chi connectivity index (χ1) is 14.4. The number of hydrogen-bond acceptors (Lipinski definition) is 5. The van der Waals surface area contributed by atoms with E-state index in [0.717, 1.165) is 37.9 Å². The monoisotopic (exact) mass is 411 g/mol. The van der Waals surface area contributed by atoms with Gasteiger partial charge in [-0.25, -0.2) is 9.78 Å². The number of carbonyl (C=O) groups is 2. The normalized spacial score (nSPS) is 21.7. The highest BCUT2D eigenvalue weighted by Gasteiger charge is 2.26. The van der Waals surface area contributed by atoms with E-state index < -0.39 is 5.97 Å². The zero-order chi connectivity index (χ0) is 21.3. The molecule has 2 aliphatic heterocycles. The molecule has 2 aliphatic rings. The lowest BCUT2D eigenvalue weighted by Gasteiger charge is -2.34. The number of likely N-dealkylation sites (tertiary alicyclic amines) is 1. The Hall–Kier alpha value is -2.70. The van der Waals surface area contributed by atoms with Crippen LogP contribution < -0.4 is 5.56 Å². The number of esters is 1. The third-order valence-electron chi connectivity index (χ3n) is 6.10. The van der Waals surface area contributed by atoms with Gasteiger partial charge in [-0.1, -0.05) is 20.3 Å². The van der Waals surface area contributed by atoms with Crippen LogP contribution in [0.5, 0.6) is 0 Å². The lowest BCUT2D eigenvalue weighted by atomic mass is 9.92. The zero-order valence-electron chi connectivity index (χ0n) is 17.7. The lowest BCUT2D eigenvalue weighted by molar-refractivity contribution is -0.137. The molecule has 7 heteroatoms. The minimum absolute atomic E-state index is 0.0552. The van der Waals surface area contributed by atoms with Gasteiger partial charge in [-0.2, -0.15) is 0 Å². The molecule has 1 fully saturated rings. The highest BCUT2D eigenvalue weighted by Crippen LogP contribution is 2.21. The van der Waals surface area contributed by atoms with Gasteiger partial charge >= 0.3 is 5.97 Å². The molecule has 30 heavy (non-hydrogen) atoms. The highest BCUT2D eigenvalue weighted by atomic mass is 16.5. The van der Waals surface area contributed by atoms with Crippen LogP contribution in [0, 0.1) is 11.8 Å². The van der Waals surface area contributed by atoms with E-state index in [9.17, 15) is 14.4 Å². The van der Waals surface area contributed by atoms with Gasteiger partial charge in [0.1, 0.15) is 5.82 Å². The number of carbonyl (C=O) groups excluding carboxylic acids is 2. The second-order valence-electron chi connectivity index (χ2n) is 8.85. The largest absolute Gasteiger partial charge is 0.452 e. The molecule has 0 N–H and O–H groups in total. The summed E-state index contributed by atoms with van der Waals surface area (Å²) in [6, 6.07) is 4.81. The van der Waals surface area contributed by atoms with Crippen molar-refractivity contribution >= 4 is 22.8 Å². The molecule has 4 rings (SSSR count). The van der Waals surface area contributed by atoms with E-state index in [-0.39, 0.29) is 18.1 Å². The maximum absolute atomic E-state index is 12.8. The molecule has 2 atom stereocenters. The summed E-state index contributed by atoms with van der Waals surface area (Å²) >= 11 is 0. The van der Waals surface area contributed by atoms with Crippen molar-refractivity contribution in [2.24, 2.45) is 11.8 Å². The standard InChI is InChI=1S/C23H29N3O4/c1-15-10-16(2)13-25(12-15)21(27)14-30-23(29)17-7-8-18-19(11-17)24-20-6-4-3-5-9-26(20)22(18)28/h7-8,11,15-16H,3-6,9-10,12-14H2,1-2H3/t15-,16-/m1/s1. The Morgan fingerprint density at radius 2 is 1.90 bits per heavy atom. The third kappa shape index (κ3) is 4.25. The molecule has 0 saturated carbocycles. The average molecular weight is 412 g/mol. The molecular weight excluding hydrogens is 382 g/mol. The predicted octanol–water partition coefficient (Wildman–Crippen LogP) is 2.78. The van der Waals surface area contributed by atoms with Gasteiger partial charge in [-0.3, -0.25) is 14.2 Å². The zero-order valence-corrected chi connectivity index (χ0v) is 17.7. The van der Waals surface area contributed by atoms with E-state index in [1.807, 2.05) is 0 Å². The number of hydrogen-bond donors (Lipinski definition) is 0. The summed E-state index contributed by atoms with van der Waals surface area (Å²) in [5.74, 6) is 0.951. The van der Waals surface area contributed by atoms with Crippen molar-refractivity contribution in [3.63, 3.8) is 0 Å². The molecule has 0 unspecified atom stereocenters. The van der Waals surface area contributed by atoms with Gasteiger partial charge in [-0.05, 0) is 49.3 Å². The molecule has 7 nitrogen and oxygen atoms in total. The molecule has 1 saturated heterocycles. The SMILES string of the molecule is C[C@@H]1C[C@@H](C)CN(C(=O)COC(=O)c2ccc3c(=O)n4c(nc3c2)CCCCC4)C1. The Morgan fingerprint density at radius 1 is 1.13 bits per heavy atom. The maximum atomic E-state index is 12.8. The number of nitrogens with zero attached hydrogens (tertiary/aromatic N) is 3. The minimum atomic E-state index is -0.569.